The molecule has 0 saturated carbocycles. The zero-order chi connectivity index (χ0) is 22.1. The molecule has 2 fully saturated rings. The van der Waals surface area contributed by atoms with Crippen LogP contribution in [-0.2, 0) is 4.79 Å². The van der Waals surface area contributed by atoms with Crippen LogP contribution in [0, 0.1) is 11.8 Å². The van der Waals surface area contributed by atoms with Crippen molar-refractivity contribution in [2.45, 2.75) is 40.0 Å². The van der Waals surface area contributed by atoms with Gasteiger partial charge in [-0.1, -0.05) is 57.2 Å². The number of rotatable bonds is 5. The minimum Gasteiger partial charge on any atom is -0.355 e. The molecular weight excluding hydrogens is 428 g/mol. The van der Waals surface area contributed by atoms with Crippen LogP contribution in [0.15, 0.2) is 34.1 Å². The van der Waals surface area contributed by atoms with Gasteiger partial charge in [-0.3, -0.25) is 18.9 Å². The van der Waals surface area contributed by atoms with E-state index in [9.17, 15) is 9.59 Å². The summed E-state index contributed by atoms with van der Waals surface area (Å²) in [6.07, 6.45) is 6.48. The smallest absolute Gasteiger partial charge is 0.267 e. The zero-order valence-corrected chi connectivity index (χ0v) is 19.8. The van der Waals surface area contributed by atoms with E-state index < -0.39 is 0 Å². The maximum atomic E-state index is 13.5. The fraction of sp³-hybridized carbons (Fsp3) is 0.478. The van der Waals surface area contributed by atoms with Crippen molar-refractivity contribution in [2.75, 3.05) is 24.5 Å². The van der Waals surface area contributed by atoms with E-state index in [-0.39, 0.29) is 11.5 Å². The lowest BCUT2D eigenvalue weighted by Crippen LogP contribution is -2.40. The van der Waals surface area contributed by atoms with Crippen LogP contribution in [0.2, 0.25) is 0 Å². The molecule has 0 aromatic carbocycles. The van der Waals surface area contributed by atoms with E-state index in [4.69, 9.17) is 17.2 Å². The van der Waals surface area contributed by atoms with E-state index in [1.54, 1.807) is 21.6 Å². The number of unbranched alkanes of at least 4 members (excludes halogenated alkanes) is 1. The lowest BCUT2D eigenvalue weighted by Gasteiger charge is -2.36. The summed E-state index contributed by atoms with van der Waals surface area (Å²) in [7, 11) is 0. The number of carbonyl (C=O) groups excluding carboxylic acids is 1. The van der Waals surface area contributed by atoms with Gasteiger partial charge in [-0.2, -0.15) is 0 Å². The van der Waals surface area contributed by atoms with Gasteiger partial charge >= 0.3 is 0 Å². The minimum absolute atomic E-state index is 0.118. The summed E-state index contributed by atoms with van der Waals surface area (Å²) in [6.45, 7) is 8.85. The molecule has 2 saturated heterocycles. The van der Waals surface area contributed by atoms with Gasteiger partial charge in [0.05, 0.1) is 10.5 Å². The number of thiocarbonyl (C=S) groups is 1. The monoisotopic (exact) mass is 456 g/mol. The van der Waals surface area contributed by atoms with Crippen LogP contribution in [0.3, 0.4) is 0 Å². The lowest BCUT2D eigenvalue weighted by molar-refractivity contribution is -0.122. The SMILES string of the molecule is CCCCN1C(=O)/C(=C/c2c(N3CC(C)CC(C)C3)nc3ccccn3c2=O)SC1=S. The fourth-order valence-corrected chi connectivity index (χ4v) is 5.72. The molecule has 6 nitrogen and oxygen atoms in total. The molecule has 0 bridgehead atoms. The van der Waals surface area contributed by atoms with E-state index in [1.807, 2.05) is 18.2 Å². The van der Waals surface area contributed by atoms with Crippen LogP contribution in [0.25, 0.3) is 11.7 Å². The number of hydrogen-bond donors (Lipinski definition) is 0. The molecule has 0 aliphatic carbocycles. The van der Waals surface area contributed by atoms with E-state index in [1.165, 1.54) is 11.8 Å². The molecule has 4 rings (SSSR count). The summed E-state index contributed by atoms with van der Waals surface area (Å²) in [4.78, 5) is 35.7. The van der Waals surface area contributed by atoms with Crippen LogP contribution >= 0.6 is 24.0 Å². The van der Waals surface area contributed by atoms with Gasteiger partial charge in [-0.25, -0.2) is 4.98 Å². The van der Waals surface area contributed by atoms with Gasteiger partial charge in [-0.15, -0.1) is 0 Å². The standard InChI is InChI=1S/C23H28N4O2S2/c1-4-5-9-27-22(29)18(31-23(27)30)12-17-20(25-13-15(2)11-16(3)14-25)24-19-8-6-7-10-26(19)21(17)28/h6-8,10,12,15-16H,4-5,9,11,13-14H2,1-3H3/b18-12-. The average Bonchev–Trinajstić information content (AvgIpc) is 3.00. The van der Waals surface area contributed by atoms with Crippen molar-refractivity contribution in [3.05, 3.63) is 45.2 Å². The van der Waals surface area contributed by atoms with Gasteiger partial charge in [0, 0.05) is 25.8 Å². The normalized spacial score (nSPS) is 23.4. The molecule has 2 aliphatic rings. The van der Waals surface area contributed by atoms with Crippen LogP contribution in [0.1, 0.15) is 45.6 Å². The van der Waals surface area contributed by atoms with E-state index in [2.05, 4.69) is 25.7 Å². The number of thioether (sulfide) groups is 1. The van der Waals surface area contributed by atoms with Crippen LogP contribution in [0.5, 0.6) is 0 Å². The second-order valence-corrected chi connectivity index (χ2v) is 10.3. The summed E-state index contributed by atoms with van der Waals surface area (Å²) in [6, 6.07) is 5.54. The highest BCUT2D eigenvalue weighted by Crippen LogP contribution is 2.34. The molecule has 31 heavy (non-hydrogen) atoms. The third kappa shape index (κ3) is 4.41. The van der Waals surface area contributed by atoms with Gasteiger partial charge in [0.1, 0.15) is 15.8 Å². The van der Waals surface area contributed by atoms with Crippen molar-refractivity contribution in [1.82, 2.24) is 14.3 Å². The Morgan fingerprint density at radius 3 is 2.68 bits per heavy atom. The van der Waals surface area contributed by atoms with Crippen molar-refractivity contribution in [2.24, 2.45) is 11.8 Å². The number of anilines is 1. The molecule has 1 amide bonds. The molecule has 8 heteroatoms. The van der Waals surface area contributed by atoms with Crippen molar-refractivity contribution < 1.29 is 4.79 Å². The maximum Gasteiger partial charge on any atom is 0.267 e. The molecule has 2 unspecified atom stereocenters. The number of amides is 1. The molecule has 0 N–H and O–H groups in total. The summed E-state index contributed by atoms with van der Waals surface area (Å²) in [5, 5.41) is 0. The van der Waals surface area contributed by atoms with Gasteiger partial charge in [0.15, 0.2) is 0 Å². The second-order valence-electron chi connectivity index (χ2n) is 8.62. The number of fused-ring (bicyclic) bond motifs is 1. The first-order chi connectivity index (χ1) is 14.9. The third-order valence-corrected chi connectivity index (χ3v) is 7.18. The highest BCUT2D eigenvalue weighted by atomic mass is 32.2. The Bertz CT molecular complexity index is 1100. The summed E-state index contributed by atoms with van der Waals surface area (Å²) in [5.74, 6) is 1.57. The number of hydrogen-bond acceptors (Lipinski definition) is 6. The summed E-state index contributed by atoms with van der Waals surface area (Å²) in [5.41, 5.74) is 0.910. The maximum absolute atomic E-state index is 13.5. The van der Waals surface area contributed by atoms with Crippen molar-refractivity contribution in [1.29, 1.82) is 0 Å². The first-order valence-electron chi connectivity index (χ1n) is 10.9. The quantitative estimate of drug-likeness (QED) is 0.497. The van der Waals surface area contributed by atoms with E-state index >= 15 is 0 Å². The topological polar surface area (TPSA) is 57.9 Å². The Labute approximate surface area is 192 Å². The molecule has 2 aromatic heterocycles. The van der Waals surface area contributed by atoms with E-state index in [0.29, 0.717) is 44.6 Å². The Kier molecular flexibility index (Phi) is 6.48. The van der Waals surface area contributed by atoms with Crippen molar-refractivity contribution in [3.63, 3.8) is 0 Å². The van der Waals surface area contributed by atoms with Crippen LogP contribution in [-0.4, -0.2) is 44.1 Å². The molecule has 0 radical (unpaired) electrons. The third-order valence-electron chi connectivity index (χ3n) is 5.80. The number of aromatic nitrogens is 2. The molecule has 2 aromatic rings. The second kappa shape index (κ2) is 9.12. The highest BCUT2D eigenvalue weighted by molar-refractivity contribution is 8.26. The predicted molar refractivity (Wildman–Crippen MR) is 131 cm³/mol. The molecular formula is C23H28N4O2S2. The Morgan fingerprint density at radius 1 is 1.23 bits per heavy atom. The van der Waals surface area contributed by atoms with Gasteiger partial charge < -0.3 is 4.90 Å². The minimum atomic E-state index is -0.162. The first kappa shape index (κ1) is 22.0. The zero-order valence-electron chi connectivity index (χ0n) is 18.2. The Morgan fingerprint density at radius 2 is 1.97 bits per heavy atom. The number of carbonyl (C=O) groups is 1. The highest BCUT2D eigenvalue weighted by Gasteiger charge is 2.33. The van der Waals surface area contributed by atoms with Crippen molar-refractivity contribution in [3.8, 4) is 0 Å². The lowest BCUT2D eigenvalue weighted by atomic mass is 9.91. The number of pyridine rings is 1. The van der Waals surface area contributed by atoms with Gasteiger partial charge in [0.25, 0.3) is 11.5 Å². The van der Waals surface area contributed by atoms with E-state index in [0.717, 1.165) is 32.4 Å². The molecule has 164 valence electrons. The largest absolute Gasteiger partial charge is 0.355 e. The number of nitrogens with zero attached hydrogens (tertiary/aromatic N) is 4. The van der Waals surface area contributed by atoms with Gasteiger partial charge in [0.2, 0.25) is 0 Å². The Balaban J connectivity index is 1.82. The van der Waals surface area contributed by atoms with Gasteiger partial charge in [-0.05, 0) is 42.9 Å². The predicted octanol–water partition coefficient (Wildman–Crippen LogP) is 4.18. The average molecular weight is 457 g/mol. The Hall–Kier alpha value is -2.19. The van der Waals surface area contributed by atoms with Crippen LogP contribution in [0.4, 0.5) is 5.82 Å². The first-order valence-corrected chi connectivity index (χ1v) is 12.1. The molecule has 2 atom stereocenters. The fourth-order valence-electron chi connectivity index (χ4n) is 4.43. The van der Waals surface area contributed by atoms with Crippen LogP contribution < -0.4 is 10.5 Å². The molecule has 4 heterocycles. The number of piperidine rings is 1. The molecule has 0 spiro atoms. The van der Waals surface area contributed by atoms with Crippen molar-refractivity contribution >= 4 is 51.7 Å². The summed E-state index contributed by atoms with van der Waals surface area (Å²) < 4.78 is 2.10. The summed E-state index contributed by atoms with van der Waals surface area (Å²) >= 11 is 6.71. The molecule has 2 aliphatic heterocycles.